The molecule has 0 aromatic carbocycles. The molecule has 7 nitrogen and oxygen atoms in total. The molecule has 0 spiro atoms. The van der Waals surface area contributed by atoms with Crippen LogP contribution in [0.2, 0.25) is 0 Å². The first-order valence-corrected chi connectivity index (χ1v) is 11.8. The van der Waals surface area contributed by atoms with Gasteiger partial charge in [0.25, 0.3) is 0 Å². The van der Waals surface area contributed by atoms with Crippen molar-refractivity contribution in [2.24, 2.45) is 12.0 Å². The summed E-state index contributed by atoms with van der Waals surface area (Å²) in [7, 11) is 2.00. The molecule has 158 valence electrons. The van der Waals surface area contributed by atoms with Crippen LogP contribution in [0.4, 0.5) is 0 Å². The van der Waals surface area contributed by atoms with Crippen LogP contribution in [0.5, 0.6) is 0 Å². The normalized spacial score (nSPS) is 19.7. The number of nitrogens with one attached hydrogen (secondary N) is 2. The quantitative estimate of drug-likeness (QED) is 0.561. The lowest BCUT2D eigenvalue weighted by molar-refractivity contribution is 0.198. The predicted molar refractivity (Wildman–Crippen MR) is 118 cm³/mol. The number of nitrogens with zero attached hydrogens (tertiary/aromatic N) is 5. The Morgan fingerprint density at radius 1 is 1.14 bits per heavy atom. The van der Waals surface area contributed by atoms with E-state index in [-0.39, 0.29) is 0 Å². The lowest BCUT2D eigenvalue weighted by atomic mass is 10.0. The number of piperidine rings is 1. The molecule has 1 saturated carbocycles. The summed E-state index contributed by atoms with van der Waals surface area (Å²) in [4.78, 5) is 7.42. The molecular formula is C21H33N7S. The van der Waals surface area contributed by atoms with Gasteiger partial charge in [-0.05, 0) is 55.0 Å². The minimum Gasteiger partial charge on any atom is -0.354 e. The highest BCUT2D eigenvalue weighted by Crippen LogP contribution is 2.18. The van der Waals surface area contributed by atoms with E-state index >= 15 is 0 Å². The van der Waals surface area contributed by atoms with E-state index in [1.807, 2.05) is 18.5 Å². The number of rotatable bonds is 6. The summed E-state index contributed by atoms with van der Waals surface area (Å²) in [5, 5.41) is 20.2. The van der Waals surface area contributed by atoms with Crippen molar-refractivity contribution in [3.8, 4) is 0 Å². The second kappa shape index (κ2) is 9.71. The van der Waals surface area contributed by atoms with Gasteiger partial charge in [-0.1, -0.05) is 12.8 Å². The molecule has 1 saturated heterocycles. The average molecular weight is 416 g/mol. The highest BCUT2D eigenvalue weighted by molar-refractivity contribution is 7.07. The van der Waals surface area contributed by atoms with E-state index in [1.165, 1.54) is 31.2 Å². The third-order valence-electron chi connectivity index (χ3n) is 6.17. The van der Waals surface area contributed by atoms with Gasteiger partial charge in [-0.25, -0.2) is 4.99 Å². The monoisotopic (exact) mass is 415 g/mol. The van der Waals surface area contributed by atoms with Crippen molar-refractivity contribution in [2.75, 3.05) is 13.1 Å². The van der Waals surface area contributed by atoms with Crippen LogP contribution in [0.3, 0.4) is 0 Å². The fourth-order valence-corrected chi connectivity index (χ4v) is 4.86. The van der Waals surface area contributed by atoms with Crippen molar-refractivity contribution in [1.82, 2.24) is 30.3 Å². The standard InChI is InChI=1S/C21H33N7S/c1-16-25-26-20(27(16)2)13-22-21(23-18-5-3-4-6-18)24-19-7-10-28(11-8-19)14-17-9-12-29-15-17/h9,12,15,18-19H,3-8,10-11,13-14H2,1-2H3,(H2,22,23,24). The molecule has 1 aliphatic carbocycles. The Morgan fingerprint density at radius 2 is 1.86 bits per heavy atom. The second-order valence-corrected chi connectivity index (χ2v) is 9.12. The second-order valence-electron chi connectivity index (χ2n) is 8.34. The fraction of sp³-hybridized carbons (Fsp3) is 0.667. The van der Waals surface area contributed by atoms with Crippen LogP contribution in [0, 0.1) is 6.92 Å². The first-order valence-electron chi connectivity index (χ1n) is 10.8. The molecule has 1 aliphatic heterocycles. The van der Waals surface area contributed by atoms with Crippen molar-refractivity contribution < 1.29 is 0 Å². The van der Waals surface area contributed by atoms with E-state index in [9.17, 15) is 0 Å². The number of hydrogen-bond acceptors (Lipinski definition) is 5. The van der Waals surface area contributed by atoms with Gasteiger partial charge in [0, 0.05) is 38.8 Å². The van der Waals surface area contributed by atoms with Gasteiger partial charge >= 0.3 is 0 Å². The molecule has 2 fully saturated rings. The summed E-state index contributed by atoms with van der Waals surface area (Å²) in [5.41, 5.74) is 1.44. The number of aliphatic imine (C=N–C) groups is 1. The number of hydrogen-bond donors (Lipinski definition) is 2. The summed E-state index contributed by atoms with van der Waals surface area (Å²) < 4.78 is 2.01. The van der Waals surface area contributed by atoms with Crippen LogP contribution in [-0.4, -0.2) is 50.8 Å². The number of aromatic nitrogens is 3. The topological polar surface area (TPSA) is 70.4 Å². The van der Waals surface area contributed by atoms with Crippen LogP contribution >= 0.6 is 11.3 Å². The Labute approximate surface area is 177 Å². The Hall–Kier alpha value is -1.93. The van der Waals surface area contributed by atoms with Crippen LogP contribution < -0.4 is 10.6 Å². The van der Waals surface area contributed by atoms with Gasteiger partial charge in [0.2, 0.25) is 0 Å². The predicted octanol–water partition coefficient (Wildman–Crippen LogP) is 2.83. The summed E-state index contributed by atoms with van der Waals surface area (Å²) in [6.45, 7) is 5.86. The average Bonchev–Trinajstić information content (AvgIpc) is 3.47. The molecule has 2 N–H and O–H groups in total. The molecule has 29 heavy (non-hydrogen) atoms. The number of thiophene rings is 1. The molecule has 0 amide bonds. The third-order valence-corrected chi connectivity index (χ3v) is 6.90. The lowest BCUT2D eigenvalue weighted by Gasteiger charge is -2.33. The Morgan fingerprint density at radius 3 is 2.48 bits per heavy atom. The molecule has 3 heterocycles. The van der Waals surface area contributed by atoms with Gasteiger partial charge in [-0.3, -0.25) is 4.90 Å². The minimum atomic E-state index is 0.475. The molecule has 0 radical (unpaired) electrons. The van der Waals surface area contributed by atoms with Gasteiger partial charge < -0.3 is 15.2 Å². The highest BCUT2D eigenvalue weighted by atomic mass is 32.1. The Bertz CT molecular complexity index is 784. The van der Waals surface area contributed by atoms with E-state index in [0.29, 0.717) is 18.6 Å². The van der Waals surface area contributed by atoms with Crippen LogP contribution in [-0.2, 0) is 20.1 Å². The third kappa shape index (κ3) is 5.57. The highest BCUT2D eigenvalue weighted by Gasteiger charge is 2.22. The SMILES string of the molecule is Cc1nnc(CN=C(NC2CCCC2)NC2CCN(Cc3ccsc3)CC2)n1C. The molecule has 4 rings (SSSR count). The van der Waals surface area contributed by atoms with Gasteiger partial charge in [0.15, 0.2) is 11.8 Å². The summed E-state index contributed by atoms with van der Waals surface area (Å²) in [6.07, 6.45) is 7.41. The maximum atomic E-state index is 4.86. The minimum absolute atomic E-state index is 0.475. The number of guanidine groups is 1. The molecule has 2 aromatic heterocycles. The van der Waals surface area contributed by atoms with Crippen molar-refractivity contribution in [1.29, 1.82) is 0 Å². The lowest BCUT2D eigenvalue weighted by Crippen LogP contribution is -2.50. The van der Waals surface area contributed by atoms with E-state index < -0.39 is 0 Å². The largest absolute Gasteiger partial charge is 0.354 e. The Kier molecular flexibility index (Phi) is 6.82. The molecule has 0 unspecified atom stereocenters. The van der Waals surface area contributed by atoms with Crippen molar-refractivity contribution in [3.05, 3.63) is 34.0 Å². The smallest absolute Gasteiger partial charge is 0.192 e. The number of likely N-dealkylation sites (tertiary alicyclic amines) is 1. The summed E-state index contributed by atoms with van der Waals surface area (Å²) >= 11 is 1.78. The van der Waals surface area contributed by atoms with E-state index in [2.05, 4.69) is 42.6 Å². The maximum absolute atomic E-state index is 4.86. The molecule has 0 bridgehead atoms. The van der Waals surface area contributed by atoms with E-state index in [1.54, 1.807) is 11.3 Å². The van der Waals surface area contributed by atoms with Crippen molar-refractivity contribution >= 4 is 17.3 Å². The molecule has 2 aromatic rings. The fourth-order valence-electron chi connectivity index (χ4n) is 4.20. The zero-order valence-electron chi connectivity index (χ0n) is 17.6. The summed E-state index contributed by atoms with van der Waals surface area (Å²) in [6, 6.07) is 3.25. The van der Waals surface area contributed by atoms with Crippen molar-refractivity contribution in [2.45, 2.75) is 70.6 Å². The zero-order chi connectivity index (χ0) is 20.1. The van der Waals surface area contributed by atoms with E-state index in [4.69, 9.17) is 4.99 Å². The van der Waals surface area contributed by atoms with Gasteiger partial charge in [0.05, 0.1) is 0 Å². The van der Waals surface area contributed by atoms with Crippen LogP contribution in [0.1, 0.15) is 55.7 Å². The van der Waals surface area contributed by atoms with E-state index in [0.717, 1.165) is 50.1 Å². The maximum Gasteiger partial charge on any atom is 0.192 e. The number of aryl methyl sites for hydroxylation is 1. The first kappa shape index (κ1) is 20.3. The zero-order valence-corrected chi connectivity index (χ0v) is 18.4. The molecule has 8 heteroatoms. The van der Waals surface area contributed by atoms with Crippen LogP contribution in [0.15, 0.2) is 21.8 Å². The van der Waals surface area contributed by atoms with Gasteiger partial charge in [-0.15, -0.1) is 10.2 Å². The van der Waals surface area contributed by atoms with Gasteiger partial charge in [0.1, 0.15) is 12.4 Å². The molecular weight excluding hydrogens is 382 g/mol. The molecule has 0 atom stereocenters. The molecule has 2 aliphatic rings. The first-order chi connectivity index (χ1) is 14.2. The Balaban J connectivity index is 1.33. The summed E-state index contributed by atoms with van der Waals surface area (Å²) in [5.74, 6) is 2.76. The van der Waals surface area contributed by atoms with Gasteiger partial charge in [-0.2, -0.15) is 11.3 Å². The van der Waals surface area contributed by atoms with Crippen molar-refractivity contribution in [3.63, 3.8) is 0 Å². The van der Waals surface area contributed by atoms with Crippen LogP contribution in [0.25, 0.3) is 0 Å².